The van der Waals surface area contributed by atoms with Crippen LogP contribution in [0.1, 0.15) is 23.5 Å². The van der Waals surface area contributed by atoms with Crippen LogP contribution in [-0.4, -0.2) is 16.3 Å². The zero-order valence-corrected chi connectivity index (χ0v) is 10.2. The van der Waals surface area contributed by atoms with Crippen LogP contribution in [0.5, 0.6) is 5.75 Å². The fourth-order valence-corrected chi connectivity index (χ4v) is 2.56. The van der Waals surface area contributed by atoms with E-state index in [4.69, 9.17) is 9.84 Å². The fraction of sp³-hybridized carbons (Fsp3) is 0.333. The molecule has 0 saturated heterocycles. The topological polar surface area (TPSA) is 34.4 Å². The molecule has 0 aliphatic carbocycles. The van der Waals surface area contributed by atoms with E-state index in [1.807, 2.05) is 30.6 Å². The number of hydrogen-bond donors (Lipinski definition) is 1. The molecule has 0 spiro atoms. The molecule has 1 N–H and O–H groups in total. The Kier molecular flexibility index (Phi) is 3.07. The number of nitrogens with zero attached hydrogens (tertiary/aromatic N) is 1. The highest BCUT2D eigenvalue weighted by molar-refractivity contribution is 5.37. The molecule has 18 heavy (non-hydrogen) atoms. The van der Waals surface area contributed by atoms with E-state index in [0.717, 1.165) is 30.9 Å². The van der Waals surface area contributed by atoms with Crippen molar-refractivity contribution in [1.29, 1.82) is 0 Å². The number of aliphatic hydroxyl groups is 1. The Balaban J connectivity index is 1.81. The third kappa shape index (κ3) is 2.14. The molecule has 3 heteroatoms. The van der Waals surface area contributed by atoms with Gasteiger partial charge in [0, 0.05) is 24.9 Å². The van der Waals surface area contributed by atoms with Gasteiger partial charge in [-0.3, -0.25) is 0 Å². The smallest absolute Gasteiger partial charge is 0.122 e. The van der Waals surface area contributed by atoms with Gasteiger partial charge in [0.25, 0.3) is 0 Å². The lowest BCUT2D eigenvalue weighted by atomic mass is 9.93. The molecule has 0 saturated carbocycles. The van der Waals surface area contributed by atoms with E-state index in [-0.39, 0.29) is 6.61 Å². The molecule has 1 aliphatic rings. The molecule has 94 valence electrons. The molecule has 0 amide bonds. The summed E-state index contributed by atoms with van der Waals surface area (Å²) in [6, 6.07) is 10.2. The van der Waals surface area contributed by atoms with Gasteiger partial charge in [-0.05, 0) is 29.7 Å². The molecular weight excluding hydrogens is 226 g/mol. The SMILES string of the molecule is OCc1ccn(CC2CCOc3ccccc32)c1. The van der Waals surface area contributed by atoms with Gasteiger partial charge in [-0.1, -0.05) is 18.2 Å². The predicted octanol–water partition coefficient (Wildman–Crippen LogP) is 2.55. The van der Waals surface area contributed by atoms with Crippen LogP contribution in [0.2, 0.25) is 0 Å². The van der Waals surface area contributed by atoms with Gasteiger partial charge in [0.1, 0.15) is 5.75 Å². The summed E-state index contributed by atoms with van der Waals surface area (Å²) in [7, 11) is 0. The van der Waals surface area contributed by atoms with E-state index >= 15 is 0 Å². The van der Waals surface area contributed by atoms with Gasteiger partial charge in [-0.25, -0.2) is 0 Å². The van der Waals surface area contributed by atoms with E-state index in [1.165, 1.54) is 5.56 Å². The van der Waals surface area contributed by atoms with E-state index in [0.29, 0.717) is 5.92 Å². The van der Waals surface area contributed by atoms with Gasteiger partial charge in [-0.15, -0.1) is 0 Å². The number of hydrogen-bond acceptors (Lipinski definition) is 2. The second-order valence-electron chi connectivity index (χ2n) is 4.75. The Bertz CT molecular complexity index is 533. The number of rotatable bonds is 3. The lowest BCUT2D eigenvalue weighted by molar-refractivity contribution is 0.258. The van der Waals surface area contributed by atoms with Crippen molar-refractivity contribution >= 4 is 0 Å². The van der Waals surface area contributed by atoms with Crippen LogP contribution >= 0.6 is 0 Å². The molecular formula is C15H17NO2. The van der Waals surface area contributed by atoms with Gasteiger partial charge in [0.15, 0.2) is 0 Å². The Labute approximate surface area is 107 Å². The van der Waals surface area contributed by atoms with Crippen LogP contribution < -0.4 is 4.74 Å². The standard InChI is InChI=1S/C15H17NO2/c17-11-12-5-7-16(9-12)10-13-6-8-18-15-4-2-1-3-14(13)15/h1-5,7,9,13,17H,6,8,10-11H2. The fourth-order valence-electron chi connectivity index (χ4n) is 2.56. The number of ether oxygens (including phenoxy) is 1. The summed E-state index contributed by atoms with van der Waals surface area (Å²) in [4.78, 5) is 0. The van der Waals surface area contributed by atoms with Crippen LogP contribution in [0.15, 0.2) is 42.7 Å². The molecule has 1 aromatic heterocycles. The van der Waals surface area contributed by atoms with Crippen molar-refractivity contribution in [2.45, 2.75) is 25.5 Å². The Morgan fingerprint density at radius 2 is 2.17 bits per heavy atom. The second-order valence-corrected chi connectivity index (χ2v) is 4.75. The molecule has 2 aromatic rings. The number of fused-ring (bicyclic) bond motifs is 1. The van der Waals surface area contributed by atoms with E-state index < -0.39 is 0 Å². The van der Waals surface area contributed by atoms with Crippen LogP contribution in [0.3, 0.4) is 0 Å². The van der Waals surface area contributed by atoms with Crippen molar-refractivity contribution in [2.75, 3.05) is 6.61 Å². The summed E-state index contributed by atoms with van der Waals surface area (Å²) < 4.78 is 7.82. The first-order valence-electron chi connectivity index (χ1n) is 6.34. The Morgan fingerprint density at radius 1 is 1.28 bits per heavy atom. The molecule has 1 aliphatic heterocycles. The van der Waals surface area contributed by atoms with Crippen LogP contribution in [0.25, 0.3) is 0 Å². The first kappa shape index (κ1) is 11.4. The average Bonchev–Trinajstić information content (AvgIpc) is 2.87. The molecule has 3 rings (SSSR count). The highest BCUT2D eigenvalue weighted by atomic mass is 16.5. The minimum atomic E-state index is 0.108. The van der Waals surface area contributed by atoms with Crippen molar-refractivity contribution in [3.8, 4) is 5.75 Å². The average molecular weight is 243 g/mol. The van der Waals surface area contributed by atoms with Crippen molar-refractivity contribution in [3.05, 3.63) is 53.9 Å². The van der Waals surface area contributed by atoms with Crippen molar-refractivity contribution in [3.63, 3.8) is 0 Å². The van der Waals surface area contributed by atoms with Crippen LogP contribution in [0.4, 0.5) is 0 Å². The minimum absolute atomic E-state index is 0.108. The van der Waals surface area contributed by atoms with E-state index in [1.54, 1.807) is 0 Å². The summed E-state index contributed by atoms with van der Waals surface area (Å²) in [6.07, 6.45) is 5.09. The van der Waals surface area contributed by atoms with Gasteiger partial charge >= 0.3 is 0 Å². The van der Waals surface area contributed by atoms with Gasteiger partial charge in [0.2, 0.25) is 0 Å². The van der Waals surface area contributed by atoms with Gasteiger partial charge < -0.3 is 14.4 Å². The summed E-state index contributed by atoms with van der Waals surface area (Å²) in [5, 5.41) is 9.08. The highest BCUT2D eigenvalue weighted by Crippen LogP contribution is 2.34. The largest absolute Gasteiger partial charge is 0.493 e. The van der Waals surface area contributed by atoms with Crippen molar-refractivity contribution in [1.82, 2.24) is 4.57 Å². The summed E-state index contributed by atoms with van der Waals surface area (Å²) in [5.74, 6) is 1.51. The quantitative estimate of drug-likeness (QED) is 0.899. The monoisotopic (exact) mass is 243 g/mol. The normalized spacial score (nSPS) is 18.2. The molecule has 0 bridgehead atoms. The van der Waals surface area contributed by atoms with E-state index in [9.17, 15) is 0 Å². The van der Waals surface area contributed by atoms with Crippen molar-refractivity contribution < 1.29 is 9.84 Å². The van der Waals surface area contributed by atoms with E-state index in [2.05, 4.69) is 16.7 Å². The zero-order chi connectivity index (χ0) is 12.4. The molecule has 3 nitrogen and oxygen atoms in total. The maximum atomic E-state index is 9.08. The molecule has 2 heterocycles. The minimum Gasteiger partial charge on any atom is -0.493 e. The number of aliphatic hydroxyl groups excluding tert-OH is 1. The third-order valence-corrected chi connectivity index (χ3v) is 3.51. The van der Waals surface area contributed by atoms with Crippen LogP contribution in [-0.2, 0) is 13.2 Å². The molecule has 0 fully saturated rings. The summed E-state index contributed by atoms with van der Waals surface area (Å²) in [6.45, 7) is 1.84. The first-order chi connectivity index (χ1) is 8.86. The lowest BCUT2D eigenvalue weighted by Gasteiger charge is -2.26. The third-order valence-electron chi connectivity index (χ3n) is 3.51. The maximum Gasteiger partial charge on any atom is 0.122 e. The van der Waals surface area contributed by atoms with Crippen LogP contribution in [0, 0.1) is 0 Å². The number of benzene rings is 1. The highest BCUT2D eigenvalue weighted by Gasteiger charge is 2.21. The molecule has 0 radical (unpaired) electrons. The first-order valence-corrected chi connectivity index (χ1v) is 6.34. The second kappa shape index (κ2) is 4.86. The molecule has 1 atom stereocenters. The summed E-state index contributed by atoms with van der Waals surface area (Å²) in [5.41, 5.74) is 2.26. The molecule has 1 unspecified atom stereocenters. The van der Waals surface area contributed by atoms with Gasteiger partial charge in [0.05, 0.1) is 13.2 Å². The number of aromatic nitrogens is 1. The zero-order valence-electron chi connectivity index (χ0n) is 10.2. The van der Waals surface area contributed by atoms with Crippen molar-refractivity contribution in [2.24, 2.45) is 0 Å². The van der Waals surface area contributed by atoms with Gasteiger partial charge in [-0.2, -0.15) is 0 Å². The predicted molar refractivity (Wildman–Crippen MR) is 69.6 cm³/mol. The summed E-state index contributed by atoms with van der Waals surface area (Å²) >= 11 is 0. The Morgan fingerprint density at radius 3 is 3.00 bits per heavy atom. The maximum absolute atomic E-state index is 9.08. The Hall–Kier alpha value is -1.74. The molecule has 1 aromatic carbocycles. The number of para-hydroxylation sites is 1. The lowest BCUT2D eigenvalue weighted by Crippen LogP contribution is -2.18.